The number of rotatable bonds is 8. The van der Waals surface area contributed by atoms with Crippen molar-refractivity contribution < 1.29 is 9.53 Å². The topological polar surface area (TPSA) is 26.3 Å². The van der Waals surface area contributed by atoms with Crippen LogP contribution in [0.5, 0.6) is 0 Å². The third-order valence-corrected chi connectivity index (χ3v) is 4.01. The fraction of sp³-hybridized carbons (Fsp3) is 0.471. The van der Waals surface area contributed by atoms with E-state index in [-0.39, 0.29) is 5.97 Å². The Morgan fingerprint density at radius 3 is 2.60 bits per heavy atom. The highest BCUT2D eigenvalue weighted by atomic mass is 127. The van der Waals surface area contributed by atoms with Gasteiger partial charge in [-0.05, 0) is 58.7 Å². The molecule has 0 saturated heterocycles. The predicted octanol–water partition coefficient (Wildman–Crippen LogP) is 5.06. The molecule has 0 N–H and O–H groups in total. The average molecular weight is 386 g/mol. The lowest BCUT2D eigenvalue weighted by molar-refractivity contribution is -0.139. The van der Waals surface area contributed by atoms with Gasteiger partial charge in [0.15, 0.2) is 0 Å². The van der Waals surface area contributed by atoms with Crippen molar-refractivity contribution in [2.45, 2.75) is 39.5 Å². The summed E-state index contributed by atoms with van der Waals surface area (Å²) in [5.41, 5.74) is 1.01. The number of carbonyl (C=O) groups is 1. The summed E-state index contributed by atoms with van der Waals surface area (Å²) in [7, 11) is 0. The zero-order chi connectivity index (χ0) is 14.8. The highest BCUT2D eigenvalue weighted by Gasteiger charge is 2.08. The molecule has 0 heterocycles. The van der Waals surface area contributed by atoms with Gasteiger partial charge < -0.3 is 4.74 Å². The highest BCUT2D eigenvalue weighted by Crippen LogP contribution is 2.13. The SMILES string of the molecule is CCCCC(CC)COC(=O)/C=C/c1ccc(I)cc1. The first-order chi connectivity index (χ1) is 9.65. The Balaban J connectivity index is 2.37. The largest absolute Gasteiger partial charge is 0.462 e. The van der Waals surface area contributed by atoms with Gasteiger partial charge in [-0.1, -0.05) is 45.2 Å². The first kappa shape index (κ1) is 17.2. The van der Waals surface area contributed by atoms with Gasteiger partial charge in [-0.25, -0.2) is 4.79 Å². The van der Waals surface area contributed by atoms with Crippen molar-refractivity contribution in [1.82, 2.24) is 0 Å². The van der Waals surface area contributed by atoms with Crippen molar-refractivity contribution in [2.24, 2.45) is 5.92 Å². The molecule has 0 amide bonds. The summed E-state index contributed by atoms with van der Waals surface area (Å²) in [6.45, 7) is 4.87. The predicted molar refractivity (Wildman–Crippen MR) is 92.5 cm³/mol. The van der Waals surface area contributed by atoms with E-state index in [0.29, 0.717) is 12.5 Å². The maximum Gasteiger partial charge on any atom is 0.330 e. The maximum absolute atomic E-state index is 11.7. The van der Waals surface area contributed by atoms with Crippen molar-refractivity contribution in [3.05, 3.63) is 39.5 Å². The Morgan fingerprint density at radius 2 is 2.00 bits per heavy atom. The van der Waals surface area contributed by atoms with Crippen molar-refractivity contribution in [3.8, 4) is 0 Å². The van der Waals surface area contributed by atoms with E-state index >= 15 is 0 Å². The molecule has 1 atom stereocenters. The van der Waals surface area contributed by atoms with Gasteiger partial charge in [-0.3, -0.25) is 0 Å². The van der Waals surface area contributed by atoms with E-state index in [0.717, 1.165) is 18.4 Å². The van der Waals surface area contributed by atoms with E-state index in [1.807, 2.05) is 24.3 Å². The smallest absolute Gasteiger partial charge is 0.330 e. The van der Waals surface area contributed by atoms with Crippen LogP contribution in [0.3, 0.4) is 0 Å². The van der Waals surface area contributed by atoms with E-state index in [4.69, 9.17) is 4.74 Å². The maximum atomic E-state index is 11.7. The van der Waals surface area contributed by atoms with Crippen LogP contribution in [0.2, 0.25) is 0 Å². The standard InChI is InChI=1S/C17H23IO2/c1-3-5-6-14(4-2)13-20-17(19)12-9-15-7-10-16(18)11-8-15/h7-12,14H,3-6,13H2,1-2H3/b12-9+. The first-order valence-corrected chi connectivity index (χ1v) is 8.34. The van der Waals surface area contributed by atoms with Crippen molar-refractivity contribution in [2.75, 3.05) is 6.61 Å². The second-order valence-electron chi connectivity index (χ2n) is 4.93. The molecule has 1 aromatic rings. The van der Waals surface area contributed by atoms with Crippen LogP contribution < -0.4 is 0 Å². The lowest BCUT2D eigenvalue weighted by Gasteiger charge is -2.13. The van der Waals surface area contributed by atoms with Crippen LogP contribution in [-0.4, -0.2) is 12.6 Å². The van der Waals surface area contributed by atoms with Crippen LogP contribution >= 0.6 is 22.6 Å². The second kappa shape index (κ2) is 9.97. The fourth-order valence-electron chi connectivity index (χ4n) is 1.88. The van der Waals surface area contributed by atoms with Gasteiger partial charge in [-0.15, -0.1) is 0 Å². The number of benzene rings is 1. The minimum Gasteiger partial charge on any atom is -0.462 e. The minimum absolute atomic E-state index is 0.251. The van der Waals surface area contributed by atoms with Crippen molar-refractivity contribution >= 4 is 34.6 Å². The molecule has 0 aromatic heterocycles. The van der Waals surface area contributed by atoms with E-state index in [1.54, 1.807) is 6.08 Å². The Bertz CT molecular complexity index is 423. The summed E-state index contributed by atoms with van der Waals surface area (Å²) < 4.78 is 6.49. The van der Waals surface area contributed by atoms with Crippen molar-refractivity contribution in [3.63, 3.8) is 0 Å². The zero-order valence-electron chi connectivity index (χ0n) is 12.3. The third kappa shape index (κ3) is 7.08. The molecule has 110 valence electrons. The lowest BCUT2D eigenvalue weighted by atomic mass is 10.0. The summed E-state index contributed by atoms with van der Waals surface area (Å²) in [5, 5.41) is 0. The molecule has 0 aliphatic heterocycles. The number of ether oxygens (including phenoxy) is 1. The van der Waals surface area contributed by atoms with Crippen LogP contribution in [0.4, 0.5) is 0 Å². The van der Waals surface area contributed by atoms with Gasteiger partial charge in [-0.2, -0.15) is 0 Å². The van der Waals surface area contributed by atoms with E-state index in [9.17, 15) is 4.79 Å². The average Bonchev–Trinajstić information content (AvgIpc) is 2.47. The number of esters is 1. The van der Waals surface area contributed by atoms with Gasteiger partial charge in [0.05, 0.1) is 6.61 Å². The summed E-state index contributed by atoms with van der Waals surface area (Å²) in [4.78, 5) is 11.7. The summed E-state index contributed by atoms with van der Waals surface area (Å²) in [6, 6.07) is 8.01. The second-order valence-corrected chi connectivity index (χ2v) is 6.18. The molecule has 0 aliphatic carbocycles. The molecule has 0 saturated carbocycles. The van der Waals surface area contributed by atoms with E-state index in [1.165, 1.54) is 22.5 Å². The number of carbonyl (C=O) groups excluding carboxylic acids is 1. The molecule has 3 heteroatoms. The normalized spacial score (nSPS) is 12.6. The molecule has 20 heavy (non-hydrogen) atoms. The van der Waals surface area contributed by atoms with Gasteiger partial charge in [0.1, 0.15) is 0 Å². The Morgan fingerprint density at radius 1 is 1.30 bits per heavy atom. The van der Waals surface area contributed by atoms with Crippen LogP contribution in [0, 0.1) is 9.49 Å². The lowest BCUT2D eigenvalue weighted by Crippen LogP contribution is -2.12. The molecule has 0 bridgehead atoms. The third-order valence-electron chi connectivity index (χ3n) is 3.29. The molecule has 0 aliphatic rings. The molecule has 2 nitrogen and oxygen atoms in total. The van der Waals surface area contributed by atoms with Crippen LogP contribution in [0.15, 0.2) is 30.3 Å². The van der Waals surface area contributed by atoms with Gasteiger partial charge in [0, 0.05) is 9.65 Å². The fourth-order valence-corrected chi connectivity index (χ4v) is 2.24. The Labute approximate surface area is 135 Å². The zero-order valence-corrected chi connectivity index (χ0v) is 14.4. The van der Waals surface area contributed by atoms with Crippen LogP contribution in [-0.2, 0) is 9.53 Å². The van der Waals surface area contributed by atoms with Gasteiger partial charge >= 0.3 is 5.97 Å². The summed E-state index contributed by atoms with van der Waals surface area (Å²) in [5.74, 6) is 0.240. The molecule has 0 spiro atoms. The molecule has 1 unspecified atom stereocenters. The monoisotopic (exact) mass is 386 g/mol. The number of hydrogen-bond donors (Lipinski definition) is 0. The molecule has 1 aromatic carbocycles. The first-order valence-electron chi connectivity index (χ1n) is 7.26. The molecule has 0 fully saturated rings. The number of unbranched alkanes of at least 4 members (excludes halogenated alkanes) is 1. The number of hydrogen-bond acceptors (Lipinski definition) is 2. The van der Waals surface area contributed by atoms with Crippen LogP contribution in [0.25, 0.3) is 6.08 Å². The Hall–Kier alpha value is -0.840. The molecule has 1 rings (SSSR count). The highest BCUT2D eigenvalue weighted by molar-refractivity contribution is 14.1. The molecular formula is C17H23IO2. The van der Waals surface area contributed by atoms with Gasteiger partial charge in [0.25, 0.3) is 0 Å². The van der Waals surface area contributed by atoms with E-state index < -0.39 is 0 Å². The quantitative estimate of drug-likeness (QED) is 0.355. The van der Waals surface area contributed by atoms with E-state index in [2.05, 4.69) is 36.4 Å². The summed E-state index contributed by atoms with van der Waals surface area (Å²) >= 11 is 2.26. The minimum atomic E-state index is -0.251. The Kier molecular flexibility index (Phi) is 8.58. The van der Waals surface area contributed by atoms with Gasteiger partial charge in [0.2, 0.25) is 0 Å². The summed E-state index contributed by atoms with van der Waals surface area (Å²) in [6.07, 6.45) is 7.90. The van der Waals surface area contributed by atoms with Crippen molar-refractivity contribution in [1.29, 1.82) is 0 Å². The molecular weight excluding hydrogens is 363 g/mol. The molecule has 0 radical (unpaired) electrons. The van der Waals surface area contributed by atoms with Crippen LogP contribution in [0.1, 0.15) is 45.1 Å². The number of halogens is 1.